The van der Waals surface area contributed by atoms with Crippen LogP contribution in [0, 0.1) is 0 Å². The van der Waals surface area contributed by atoms with Crippen molar-refractivity contribution in [3.63, 3.8) is 0 Å². The van der Waals surface area contributed by atoms with Gasteiger partial charge in [-0.15, -0.1) is 0 Å². The Labute approximate surface area is 125 Å². The summed E-state index contributed by atoms with van der Waals surface area (Å²) in [5, 5.41) is 8.16. The summed E-state index contributed by atoms with van der Waals surface area (Å²) in [6, 6.07) is 9.31. The fourth-order valence-corrected chi connectivity index (χ4v) is 1.77. The number of carbonyl (C=O) groups excluding carboxylic acids is 2. The third-order valence-electron chi connectivity index (χ3n) is 2.76. The van der Waals surface area contributed by atoms with Crippen LogP contribution in [0.15, 0.2) is 30.3 Å². The van der Waals surface area contributed by atoms with Crippen molar-refractivity contribution in [2.24, 2.45) is 0 Å². The van der Waals surface area contributed by atoms with E-state index in [2.05, 4.69) is 16.0 Å². The average Bonchev–Trinajstić information content (AvgIpc) is 2.46. The van der Waals surface area contributed by atoms with Gasteiger partial charge in [0.05, 0.1) is 6.61 Å². The van der Waals surface area contributed by atoms with E-state index in [0.717, 1.165) is 5.56 Å². The van der Waals surface area contributed by atoms with Gasteiger partial charge in [-0.05, 0) is 12.5 Å². The van der Waals surface area contributed by atoms with Crippen molar-refractivity contribution in [2.45, 2.75) is 25.9 Å². The molecule has 6 heteroatoms. The Morgan fingerprint density at radius 1 is 1.19 bits per heavy atom. The lowest BCUT2D eigenvalue weighted by Crippen LogP contribution is -2.40. The highest BCUT2D eigenvalue weighted by Gasteiger charge is 2.07. The van der Waals surface area contributed by atoms with Crippen molar-refractivity contribution in [3.8, 4) is 0 Å². The molecule has 1 aromatic carbocycles. The Hall–Kier alpha value is -2.08. The summed E-state index contributed by atoms with van der Waals surface area (Å²) in [5.41, 5.74) is 1.03. The molecule has 0 spiro atoms. The first-order chi connectivity index (χ1) is 10.1. The third kappa shape index (κ3) is 7.94. The number of hydrogen-bond acceptors (Lipinski definition) is 3. The van der Waals surface area contributed by atoms with E-state index in [4.69, 9.17) is 4.74 Å². The summed E-state index contributed by atoms with van der Waals surface area (Å²) in [6.07, 6.45) is 0.243. The van der Waals surface area contributed by atoms with Crippen LogP contribution in [-0.4, -0.2) is 38.2 Å². The third-order valence-corrected chi connectivity index (χ3v) is 2.76. The maximum Gasteiger partial charge on any atom is 0.315 e. The van der Waals surface area contributed by atoms with Crippen LogP contribution >= 0.6 is 0 Å². The molecule has 116 valence electrons. The van der Waals surface area contributed by atoms with Crippen molar-refractivity contribution < 1.29 is 14.3 Å². The van der Waals surface area contributed by atoms with Gasteiger partial charge in [-0.1, -0.05) is 30.3 Å². The molecule has 6 nitrogen and oxygen atoms in total. The number of carbonyl (C=O) groups is 2. The predicted molar refractivity (Wildman–Crippen MR) is 80.8 cm³/mol. The van der Waals surface area contributed by atoms with Gasteiger partial charge in [0.15, 0.2) is 0 Å². The average molecular weight is 293 g/mol. The molecule has 0 fully saturated rings. The van der Waals surface area contributed by atoms with E-state index < -0.39 is 0 Å². The summed E-state index contributed by atoms with van der Waals surface area (Å²) in [5.74, 6) is -0.108. The fraction of sp³-hybridized carbons (Fsp3) is 0.467. The number of methoxy groups -OCH3 is 1. The molecule has 0 bridgehead atoms. The van der Waals surface area contributed by atoms with Gasteiger partial charge in [-0.3, -0.25) is 4.79 Å². The zero-order valence-corrected chi connectivity index (χ0v) is 12.5. The summed E-state index contributed by atoms with van der Waals surface area (Å²) in [7, 11) is 1.58. The van der Waals surface area contributed by atoms with Crippen LogP contribution in [0.25, 0.3) is 0 Å². The Kier molecular flexibility index (Phi) is 7.89. The number of urea groups is 1. The van der Waals surface area contributed by atoms with Crippen molar-refractivity contribution in [1.29, 1.82) is 0 Å². The van der Waals surface area contributed by atoms with Crippen molar-refractivity contribution in [1.82, 2.24) is 16.0 Å². The van der Waals surface area contributed by atoms with E-state index in [9.17, 15) is 9.59 Å². The number of nitrogens with one attached hydrogen (secondary N) is 3. The summed E-state index contributed by atoms with van der Waals surface area (Å²) in [6.45, 7) is 3.09. The van der Waals surface area contributed by atoms with Crippen molar-refractivity contribution in [2.75, 3.05) is 20.3 Å². The lowest BCUT2D eigenvalue weighted by atomic mass is 10.2. The van der Waals surface area contributed by atoms with Crippen molar-refractivity contribution >= 4 is 11.9 Å². The number of ether oxygens (including phenoxy) is 1. The monoisotopic (exact) mass is 293 g/mol. The minimum atomic E-state index is -0.281. The summed E-state index contributed by atoms with van der Waals surface area (Å²) >= 11 is 0. The topological polar surface area (TPSA) is 79.5 Å². The smallest absolute Gasteiger partial charge is 0.315 e. The van der Waals surface area contributed by atoms with Crippen LogP contribution in [-0.2, 0) is 16.1 Å². The number of hydrogen-bond donors (Lipinski definition) is 3. The van der Waals surface area contributed by atoms with Gasteiger partial charge < -0.3 is 20.7 Å². The molecule has 0 saturated heterocycles. The van der Waals surface area contributed by atoms with Crippen LogP contribution in [0.5, 0.6) is 0 Å². The lowest BCUT2D eigenvalue weighted by Gasteiger charge is -2.13. The molecule has 1 aromatic rings. The number of benzene rings is 1. The minimum Gasteiger partial charge on any atom is -0.383 e. The van der Waals surface area contributed by atoms with Crippen LogP contribution < -0.4 is 16.0 Å². The lowest BCUT2D eigenvalue weighted by molar-refractivity contribution is -0.121. The normalized spacial score (nSPS) is 11.5. The van der Waals surface area contributed by atoms with E-state index in [1.807, 2.05) is 37.3 Å². The summed E-state index contributed by atoms with van der Waals surface area (Å²) < 4.78 is 4.93. The standard InChI is InChI=1S/C15H23N3O3/c1-12(11-21-2)18-14(19)8-9-16-15(20)17-10-13-6-4-3-5-7-13/h3-7,12H,8-11H2,1-2H3,(H,18,19)(H2,16,17,20)/t12-/m0/s1. The van der Waals surface area contributed by atoms with Gasteiger partial charge >= 0.3 is 6.03 Å². The molecule has 21 heavy (non-hydrogen) atoms. The minimum absolute atomic E-state index is 0.0330. The largest absolute Gasteiger partial charge is 0.383 e. The molecular weight excluding hydrogens is 270 g/mol. The van der Waals surface area contributed by atoms with Gasteiger partial charge in [-0.25, -0.2) is 4.79 Å². The van der Waals surface area contributed by atoms with Gasteiger partial charge in [0, 0.05) is 32.7 Å². The molecule has 0 unspecified atom stereocenters. The first-order valence-electron chi connectivity index (χ1n) is 6.95. The maximum absolute atomic E-state index is 11.6. The quantitative estimate of drug-likeness (QED) is 0.669. The first-order valence-corrected chi connectivity index (χ1v) is 6.95. The maximum atomic E-state index is 11.6. The second-order valence-corrected chi connectivity index (χ2v) is 4.77. The molecule has 0 aliphatic rings. The molecular formula is C15H23N3O3. The second kappa shape index (κ2) is 9.77. The molecule has 1 rings (SSSR count). The highest BCUT2D eigenvalue weighted by molar-refractivity contribution is 5.78. The molecule has 0 saturated carbocycles. The second-order valence-electron chi connectivity index (χ2n) is 4.77. The Bertz CT molecular complexity index is 437. The van der Waals surface area contributed by atoms with Gasteiger partial charge in [0.2, 0.25) is 5.91 Å². The van der Waals surface area contributed by atoms with Crippen LogP contribution in [0.3, 0.4) is 0 Å². The van der Waals surface area contributed by atoms with Crippen LogP contribution in [0.2, 0.25) is 0 Å². The van der Waals surface area contributed by atoms with E-state index in [0.29, 0.717) is 19.7 Å². The van der Waals surface area contributed by atoms with Gasteiger partial charge in [-0.2, -0.15) is 0 Å². The SMILES string of the molecule is COC[C@H](C)NC(=O)CCNC(=O)NCc1ccccc1. The molecule has 3 amide bonds. The van der Waals surface area contributed by atoms with Gasteiger partial charge in [0.1, 0.15) is 0 Å². The highest BCUT2D eigenvalue weighted by atomic mass is 16.5. The number of amides is 3. The van der Waals surface area contributed by atoms with Crippen LogP contribution in [0.4, 0.5) is 4.79 Å². The van der Waals surface area contributed by atoms with Crippen molar-refractivity contribution in [3.05, 3.63) is 35.9 Å². The molecule has 0 heterocycles. The molecule has 3 N–H and O–H groups in total. The Balaban J connectivity index is 2.11. The van der Waals surface area contributed by atoms with E-state index in [-0.39, 0.29) is 24.4 Å². The molecule has 0 aliphatic heterocycles. The first kappa shape index (κ1) is 17.0. The Morgan fingerprint density at radius 3 is 2.57 bits per heavy atom. The van der Waals surface area contributed by atoms with E-state index in [1.165, 1.54) is 0 Å². The zero-order valence-electron chi connectivity index (χ0n) is 12.5. The molecule has 0 aliphatic carbocycles. The molecule has 0 radical (unpaired) electrons. The Morgan fingerprint density at radius 2 is 1.90 bits per heavy atom. The fourth-order valence-electron chi connectivity index (χ4n) is 1.77. The predicted octanol–water partition coefficient (Wildman–Crippen LogP) is 1.03. The molecule has 1 atom stereocenters. The number of rotatable bonds is 8. The van der Waals surface area contributed by atoms with E-state index in [1.54, 1.807) is 7.11 Å². The highest BCUT2D eigenvalue weighted by Crippen LogP contribution is 1.96. The zero-order chi connectivity index (χ0) is 15.5. The molecule has 0 aromatic heterocycles. The van der Waals surface area contributed by atoms with Crippen LogP contribution in [0.1, 0.15) is 18.9 Å². The van der Waals surface area contributed by atoms with Gasteiger partial charge in [0.25, 0.3) is 0 Å². The summed E-state index contributed by atoms with van der Waals surface area (Å²) in [4.78, 5) is 23.1. The van der Waals surface area contributed by atoms with E-state index >= 15 is 0 Å².